The van der Waals surface area contributed by atoms with Crippen molar-refractivity contribution in [2.45, 2.75) is 26.7 Å². The minimum absolute atomic E-state index is 0.0147. The number of hydrogen-bond acceptors (Lipinski definition) is 2. The molecule has 1 aromatic rings. The molecule has 2 N–H and O–H groups in total. The highest BCUT2D eigenvalue weighted by Crippen LogP contribution is 2.15. The third-order valence-corrected chi connectivity index (χ3v) is 3.11. The van der Waals surface area contributed by atoms with Gasteiger partial charge in [0.05, 0.1) is 0 Å². The number of benzene rings is 1. The fraction of sp³-hybridized carbons (Fsp3) is 0.438. The van der Waals surface area contributed by atoms with Gasteiger partial charge in [0.25, 0.3) is 0 Å². The zero-order chi connectivity index (χ0) is 14.3. The molecular weight excluding hydrogens is 236 g/mol. The first kappa shape index (κ1) is 15.4. The van der Waals surface area contributed by atoms with Crippen LogP contribution < -0.4 is 5.73 Å². The molecule has 0 saturated heterocycles. The van der Waals surface area contributed by atoms with E-state index in [0.29, 0.717) is 25.6 Å². The van der Waals surface area contributed by atoms with E-state index in [1.54, 1.807) is 11.0 Å². The summed E-state index contributed by atoms with van der Waals surface area (Å²) in [6.45, 7) is 8.08. The lowest BCUT2D eigenvalue weighted by Gasteiger charge is -2.17. The van der Waals surface area contributed by atoms with E-state index in [2.05, 4.69) is 26.0 Å². The summed E-state index contributed by atoms with van der Waals surface area (Å²) in [5, 5.41) is 0. The van der Waals surface area contributed by atoms with Crippen molar-refractivity contribution in [3.8, 4) is 0 Å². The van der Waals surface area contributed by atoms with Crippen LogP contribution in [-0.4, -0.2) is 30.4 Å². The van der Waals surface area contributed by atoms with Gasteiger partial charge in [0.2, 0.25) is 5.91 Å². The molecule has 0 heterocycles. The molecule has 1 aromatic carbocycles. The second kappa shape index (κ2) is 7.74. The Hall–Kier alpha value is -1.61. The average molecular weight is 260 g/mol. The molecule has 0 atom stereocenters. The molecule has 104 valence electrons. The Balaban J connectivity index is 2.67. The highest BCUT2D eigenvalue weighted by Gasteiger charge is 2.06. The van der Waals surface area contributed by atoms with Gasteiger partial charge in [0.15, 0.2) is 0 Å². The second-order valence-corrected chi connectivity index (χ2v) is 4.86. The van der Waals surface area contributed by atoms with E-state index < -0.39 is 0 Å². The van der Waals surface area contributed by atoms with E-state index in [4.69, 9.17) is 5.73 Å². The van der Waals surface area contributed by atoms with E-state index in [1.807, 2.05) is 25.1 Å². The molecule has 1 rings (SSSR count). The maximum atomic E-state index is 11.9. The molecule has 0 unspecified atom stereocenters. The normalized spacial score (nSPS) is 11.2. The topological polar surface area (TPSA) is 46.3 Å². The van der Waals surface area contributed by atoms with Gasteiger partial charge in [-0.1, -0.05) is 38.1 Å². The first-order chi connectivity index (χ1) is 9.08. The van der Waals surface area contributed by atoms with Gasteiger partial charge in [0, 0.05) is 25.7 Å². The number of amides is 1. The van der Waals surface area contributed by atoms with E-state index in [9.17, 15) is 4.79 Å². The summed E-state index contributed by atoms with van der Waals surface area (Å²) in [6, 6.07) is 8.29. The number of likely N-dealkylation sites (N-methyl/N-ethyl adjacent to an activating group) is 1. The SMILES string of the molecule is CCN(CCN)C(=O)/C=C/c1ccc(C(C)C)cc1. The van der Waals surface area contributed by atoms with Crippen molar-refractivity contribution in [1.29, 1.82) is 0 Å². The lowest BCUT2D eigenvalue weighted by molar-refractivity contribution is -0.125. The molecule has 1 amide bonds. The predicted octanol–water partition coefficient (Wildman–Crippen LogP) is 2.63. The molecule has 19 heavy (non-hydrogen) atoms. The lowest BCUT2D eigenvalue weighted by Crippen LogP contribution is -2.33. The summed E-state index contributed by atoms with van der Waals surface area (Å²) in [7, 11) is 0. The van der Waals surface area contributed by atoms with Gasteiger partial charge >= 0.3 is 0 Å². The van der Waals surface area contributed by atoms with E-state index in [1.165, 1.54) is 5.56 Å². The fourth-order valence-corrected chi connectivity index (χ4v) is 1.84. The van der Waals surface area contributed by atoms with Gasteiger partial charge in [-0.05, 0) is 30.0 Å². The molecule has 0 spiro atoms. The number of rotatable bonds is 6. The van der Waals surface area contributed by atoms with Gasteiger partial charge in [-0.3, -0.25) is 4.79 Å². The van der Waals surface area contributed by atoms with Crippen LogP contribution in [0.1, 0.15) is 37.8 Å². The Morgan fingerprint density at radius 1 is 1.32 bits per heavy atom. The van der Waals surface area contributed by atoms with Crippen molar-refractivity contribution in [1.82, 2.24) is 4.90 Å². The van der Waals surface area contributed by atoms with Crippen molar-refractivity contribution >= 4 is 12.0 Å². The molecule has 0 aliphatic carbocycles. The second-order valence-electron chi connectivity index (χ2n) is 4.86. The van der Waals surface area contributed by atoms with Crippen LogP contribution in [0.5, 0.6) is 0 Å². The summed E-state index contributed by atoms with van der Waals surface area (Å²) < 4.78 is 0. The van der Waals surface area contributed by atoms with Crippen LogP contribution >= 0.6 is 0 Å². The average Bonchev–Trinajstić information content (AvgIpc) is 2.42. The summed E-state index contributed by atoms with van der Waals surface area (Å²) in [5.74, 6) is 0.542. The molecular formula is C16H24N2O. The number of carbonyl (C=O) groups is 1. The van der Waals surface area contributed by atoms with Crippen LogP contribution in [0.4, 0.5) is 0 Å². The lowest BCUT2D eigenvalue weighted by atomic mass is 10.0. The zero-order valence-electron chi connectivity index (χ0n) is 12.1. The maximum Gasteiger partial charge on any atom is 0.246 e. The van der Waals surface area contributed by atoms with Crippen LogP contribution in [0.15, 0.2) is 30.3 Å². The van der Waals surface area contributed by atoms with Crippen molar-refractivity contribution in [2.75, 3.05) is 19.6 Å². The molecule has 3 nitrogen and oxygen atoms in total. The summed E-state index contributed by atoms with van der Waals surface area (Å²) in [4.78, 5) is 13.6. The Bertz CT molecular complexity index is 421. The summed E-state index contributed by atoms with van der Waals surface area (Å²) >= 11 is 0. The molecule has 3 heteroatoms. The first-order valence-corrected chi connectivity index (χ1v) is 6.85. The highest BCUT2D eigenvalue weighted by atomic mass is 16.2. The third kappa shape index (κ3) is 4.87. The van der Waals surface area contributed by atoms with Crippen LogP contribution in [0, 0.1) is 0 Å². The Kier molecular flexibility index (Phi) is 6.30. The van der Waals surface area contributed by atoms with Gasteiger partial charge in [0.1, 0.15) is 0 Å². The fourth-order valence-electron chi connectivity index (χ4n) is 1.84. The minimum atomic E-state index is 0.0147. The van der Waals surface area contributed by atoms with Crippen molar-refractivity contribution in [3.05, 3.63) is 41.5 Å². The van der Waals surface area contributed by atoms with Gasteiger partial charge in [-0.25, -0.2) is 0 Å². The molecule has 0 saturated carbocycles. The van der Waals surface area contributed by atoms with Crippen LogP contribution in [0.3, 0.4) is 0 Å². The summed E-state index contributed by atoms with van der Waals surface area (Å²) in [5.41, 5.74) is 7.83. The summed E-state index contributed by atoms with van der Waals surface area (Å²) in [6.07, 6.45) is 3.47. The van der Waals surface area contributed by atoms with Gasteiger partial charge in [-0.2, -0.15) is 0 Å². The number of carbonyl (C=O) groups excluding carboxylic acids is 1. The van der Waals surface area contributed by atoms with Crippen LogP contribution in [-0.2, 0) is 4.79 Å². The molecule has 0 bridgehead atoms. The maximum absolute atomic E-state index is 11.9. The van der Waals surface area contributed by atoms with Gasteiger partial charge < -0.3 is 10.6 Å². The van der Waals surface area contributed by atoms with Crippen LogP contribution in [0.25, 0.3) is 6.08 Å². The smallest absolute Gasteiger partial charge is 0.246 e. The van der Waals surface area contributed by atoms with E-state index in [0.717, 1.165) is 5.56 Å². The highest BCUT2D eigenvalue weighted by molar-refractivity contribution is 5.91. The monoisotopic (exact) mass is 260 g/mol. The number of hydrogen-bond donors (Lipinski definition) is 1. The van der Waals surface area contributed by atoms with Crippen LogP contribution in [0.2, 0.25) is 0 Å². The molecule has 0 aliphatic rings. The first-order valence-electron chi connectivity index (χ1n) is 6.85. The largest absolute Gasteiger partial charge is 0.338 e. The molecule has 0 fully saturated rings. The minimum Gasteiger partial charge on any atom is -0.338 e. The Morgan fingerprint density at radius 3 is 2.42 bits per heavy atom. The van der Waals surface area contributed by atoms with Gasteiger partial charge in [-0.15, -0.1) is 0 Å². The van der Waals surface area contributed by atoms with E-state index in [-0.39, 0.29) is 5.91 Å². The zero-order valence-corrected chi connectivity index (χ0v) is 12.1. The van der Waals surface area contributed by atoms with Crippen molar-refractivity contribution in [2.24, 2.45) is 5.73 Å². The Labute approximate surface area is 116 Å². The number of nitrogens with two attached hydrogens (primary N) is 1. The van der Waals surface area contributed by atoms with E-state index >= 15 is 0 Å². The standard InChI is InChI=1S/C16H24N2O/c1-4-18(12-11-17)16(19)10-7-14-5-8-15(9-6-14)13(2)3/h5-10,13H,4,11-12,17H2,1-3H3/b10-7+. The molecule has 0 aromatic heterocycles. The third-order valence-electron chi connectivity index (χ3n) is 3.11. The Morgan fingerprint density at radius 2 is 1.95 bits per heavy atom. The quantitative estimate of drug-likeness (QED) is 0.799. The van der Waals surface area contributed by atoms with Crippen molar-refractivity contribution < 1.29 is 4.79 Å². The number of nitrogens with zero attached hydrogens (tertiary/aromatic N) is 1. The molecule has 0 aliphatic heterocycles. The van der Waals surface area contributed by atoms with Crippen molar-refractivity contribution in [3.63, 3.8) is 0 Å². The predicted molar refractivity (Wildman–Crippen MR) is 80.9 cm³/mol. The molecule has 0 radical (unpaired) electrons.